The second kappa shape index (κ2) is 7.00. The summed E-state index contributed by atoms with van der Waals surface area (Å²) in [7, 11) is 0. The zero-order chi connectivity index (χ0) is 16.2. The fourth-order valence-electron chi connectivity index (χ4n) is 3.33. The highest BCUT2D eigenvalue weighted by atomic mass is 16.5. The van der Waals surface area contributed by atoms with E-state index in [1.807, 2.05) is 24.3 Å². The summed E-state index contributed by atoms with van der Waals surface area (Å²) in [6, 6.07) is 7.43. The first-order valence-electron chi connectivity index (χ1n) is 7.98. The van der Waals surface area contributed by atoms with E-state index in [9.17, 15) is 14.7 Å². The molecule has 2 aliphatic rings. The number of aliphatic carboxylic acids is 1. The lowest BCUT2D eigenvalue weighted by molar-refractivity contribution is -0.148. The van der Waals surface area contributed by atoms with Gasteiger partial charge in [0.25, 0.3) is 0 Å². The van der Waals surface area contributed by atoms with E-state index in [2.05, 4.69) is 0 Å². The molecule has 23 heavy (non-hydrogen) atoms. The molecule has 0 aliphatic carbocycles. The van der Waals surface area contributed by atoms with Gasteiger partial charge in [0.2, 0.25) is 5.91 Å². The van der Waals surface area contributed by atoms with Crippen LogP contribution in [-0.2, 0) is 14.3 Å². The van der Waals surface area contributed by atoms with E-state index in [-0.39, 0.29) is 24.4 Å². The molecule has 1 fully saturated rings. The van der Waals surface area contributed by atoms with Gasteiger partial charge in [0.1, 0.15) is 12.3 Å². The predicted molar refractivity (Wildman–Crippen MR) is 82.5 cm³/mol. The Morgan fingerprint density at radius 2 is 1.87 bits per heavy atom. The van der Waals surface area contributed by atoms with Crippen LogP contribution in [0.1, 0.15) is 30.7 Å². The number of benzene rings is 1. The molecule has 1 N–H and O–H groups in total. The van der Waals surface area contributed by atoms with Crippen LogP contribution in [0.5, 0.6) is 5.75 Å². The Bertz CT molecular complexity index is 582. The zero-order valence-corrected chi connectivity index (χ0v) is 12.9. The lowest BCUT2D eigenvalue weighted by atomic mass is 9.90. The third-order valence-corrected chi connectivity index (χ3v) is 4.48. The van der Waals surface area contributed by atoms with Crippen molar-refractivity contribution in [2.45, 2.75) is 31.2 Å². The molecule has 1 atom stereocenters. The van der Waals surface area contributed by atoms with Crippen molar-refractivity contribution in [3.05, 3.63) is 29.8 Å². The number of nitrogens with zero attached hydrogens (tertiary/aromatic N) is 1. The highest BCUT2D eigenvalue weighted by molar-refractivity contribution is 5.88. The van der Waals surface area contributed by atoms with Gasteiger partial charge < -0.3 is 19.5 Å². The Labute approximate surface area is 135 Å². The predicted octanol–water partition coefficient (Wildman–Crippen LogP) is 1.64. The van der Waals surface area contributed by atoms with Crippen LogP contribution < -0.4 is 4.74 Å². The third kappa shape index (κ3) is 3.47. The van der Waals surface area contributed by atoms with Gasteiger partial charge in [-0.2, -0.15) is 0 Å². The first-order chi connectivity index (χ1) is 11.2. The largest absolute Gasteiger partial charge is 0.493 e. The van der Waals surface area contributed by atoms with Crippen molar-refractivity contribution in [1.82, 2.24) is 4.90 Å². The van der Waals surface area contributed by atoms with E-state index >= 15 is 0 Å². The Balaban J connectivity index is 1.84. The summed E-state index contributed by atoms with van der Waals surface area (Å²) in [6.45, 7) is 1.35. The molecular weight excluding hydrogens is 298 g/mol. The highest BCUT2D eigenvalue weighted by Gasteiger charge is 2.35. The minimum Gasteiger partial charge on any atom is -0.493 e. The van der Waals surface area contributed by atoms with Gasteiger partial charge >= 0.3 is 5.97 Å². The average molecular weight is 319 g/mol. The molecule has 6 nitrogen and oxygen atoms in total. The smallest absolute Gasteiger partial charge is 0.323 e. The molecule has 1 amide bonds. The van der Waals surface area contributed by atoms with Crippen molar-refractivity contribution in [3.63, 3.8) is 0 Å². The van der Waals surface area contributed by atoms with E-state index in [0.29, 0.717) is 39.1 Å². The van der Waals surface area contributed by atoms with Crippen molar-refractivity contribution in [1.29, 1.82) is 0 Å². The number of fused-ring (bicyclic) bond motifs is 1. The number of amides is 1. The normalized spacial score (nSPS) is 21.1. The van der Waals surface area contributed by atoms with Crippen LogP contribution in [0.3, 0.4) is 0 Å². The van der Waals surface area contributed by atoms with Gasteiger partial charge in [-0.3, -0.25) is 9.59 Å². The van der Waals surface area contributed by atoms with Crippen LogP contribution in [0, 0.1) is 0 Å². The van der Waals surface area contributed by atoms with Crippen LogP contribution in [-0.4, -0.2) is 54.3 Å². The maximum absolute atomic E-state index is 13.1. The van der Waals surface area contributed by atoms with Gasteiger partial charge in [-0.1, -0.05) is 18.2 Å². The Morgan fingerprint density at radius 3 is 2.61 bits per heavy atom. The van der Waals surface area contributed by atoms with Gasteiger partial charge in [-0.05, 0) is 25.3 Å². The van der Waals surface area contributed by atoms with Crippen LogP contribution in [0.15, 0.2) is 24.3 Å². The monoisotopic (exact) mass is 319 g/mol. The van der Waals surface area contributed by atoms with Crippen molar-refractivity contribution < 1.29 is 24.2 Å². The highest BCUT2D eigenvalue weighted by Crippen LogP contribution is 2.35. The SMILES string of the molecule is O=C(O)CN(C(=O)[C@H]1CCOc2ccccc21)C1CCOCC1. The fourth-order valence-corrected chi connectivity index (χ4v) is 3.33. The number of para-hydroxylation sites is 1. The average Bonchev–Trinajstić information content (AvgIpc) is 2.59. The van der Waals surface area contributed by atoms with Gasteiger partial charge in [0.05, 0.1) is 12.5 Å². The molecule has 1 aromatic carbocycles. The van der Waals surface area contributed by atoms with Crippen LogP contribution >= 0.6 is 0 Å². The molecule has 1 saturated heterocycles. The zero-order valence-electron chi connectivity index (χ0n) is 12.9. The van der Waals surface area contributed by atoms with Gasteiger partial charge in [-0.25, -0.2) is 0 Å². The lowest BCUT2D eigenvalue weighted by Gasteiger charge is -2.36. The van der Waals surface area contributed by atoms with Gasteiger partial charge in [0, 0.05) is 24.8 Å². The van der Waals surface area contributed by atoms with E-state index < -0.39 is 5.97 Å². The van der Waals surface area contributed by atoms with Crippen LogP contribution in [0.2, 0.25) is 0 Å². The molecule has 1 aromatic rings. The molecule has 0 saturated carbocycles. The minimum absolute atomic E-state index is 0.0673. The topological polar surface area (TPSA) is 76.1 Å². The molecule has 0 radical (unpaired) electrons. The third-order valence-electron chi connectivity index (χ3n) is 4.48. The number of carbonyl (C=O) groups is 2. The second-order valence-electron chi connectivity index (χ2n) is 5.93. The molecule has 0 bridgehead atoms. The number of carboxylic acid groups (broad SMARTS) is 1. The summed E-state index contributed by atoms with van der Waals surface area (Å²) in [5.74, 6) is -0.707. The van der Waals surface area contributed by atoms with Gasteiger partial charge in [-0.15, -0.1) is 0 Å². The number of hydrogen-bond acceptors (Lipinski definition) is 4. The minimum atomic E-state index is -0.981. The summed E-state index contributed by atoms with van der Waals surface area (Å²) in [6.07, 6.45) is 1.95. The van der Waals surface area contributed by atoms with Crippen molar-refractivity contribution in [3.8, 4) is 5.75 Å². The Hall–Kier alpha value is -2.08. The number of carboxylic acids is 1. The molecule has 2 aliphatic heterocycles. The van der Waals surface area contributed by atoms with Crippen molar-refractivity contribution >= 4 is 11.9 Å². The number of rotatable bonds is 4. The Kier molecular flexibility index (Phi) is 4.81. The quantitative estimate of drug-likeness (QED) is 0.913. The summed E-state index contributed by atoms with van der Waals surface area (Å²) in [4.78, 5) is 25.8. The number of carbonyl (C=O) groups excluding carboxylic acids is 1. The lowest BCUT2D eigenvalue weighted by Crippen LogP contribution is -2.48. The first kappa shape index (κ1) is 15.8. The number of ether oxygens (including phenoxy) is 2. The van der Waals surface area contributed by atoms with Crippen molar-refractivity contribution in [2.75, 3.05) is 26.4 Å². The molecule has 124 valence electrons. The molecule has 0 unspecified atom stereocenters. The summed E-state index contributed by atoms with van der Waals surface area (Å²) in [5.41, 5.74) is 0.853. The van der Waals surface area contributed by atoms with E-state index in [1.165, 1.54) is 4.90 Å². The van der Waals surface area contributed by atoms with E-state index in [4.69, 9.17) is 9.47 Å². The molecule has 2 heterocycles. The summed E-state index contributed by atoms with van der Waals surface area (Å²) in [5, 5.41) is 9.21. The second-order valence-corrected chi connectivity index (χ2v) is 5.93. The standard InChI is InChI=1S/C17H21NO5/c19-16(20)11-18(12-5-8-22-9-6-12)17(21)14-7-10-23-15-4-2-1-3-13(14)15/h1-4,12,14H,5-11H2,(H,19,20)/t14-/m0/s1. The van der Waals surface area contributed by atoms with Crippen LogP contribution in [0.25, 0.3) is 0 Å². The molecule has 0 aromatic heterocycles. The fraction of sp³-hybridized carbons (Fsp3) is 0.529. The van der Waals surface area contributed by atoms with E-state index in [0.717, 1.165) is 11.3 Å². The molecular formula is C17H21NO5. The maximum atomic E-state index is 13.1. The number of hydrogen-bond donors (Lipinski definition) is 1. The van der Waals surface area contributed by atoms with Gasteiger partial charge in [0.15, 0.2) is 0 Å². The summed E-state index contributed by atoms with van der Waals surface area (Å²) < 4.78 is 10.9. The molecule has 0 spiro atoms. The molecule has 3 rings (SSSR count). The molecule has 6 heteroatoms. The van der Waals surface area contributed by atoms with Crippen LogP contribution in [0.4, 0.5) is 0 Å². The maximum Gasteiger partial charge on any atom is 0.323 e. The Morgan fingerprint density at radius 1 is 1.13 bits per heavy atom. The first-order valence-corrected chi connectivity index (χ1v) is 7.98. The summed E-state index contributed by atoms with van der Waals surface area (Å²) >= 11 is 0. The van der Waals surface area contributed by atoms with Crippen molar-refractivity contribution in [2.24, 2.45) is 0 Å². The van der Waals surface area contributed by atoms with E-state index in [1.54, 1.807) is 0 Å².